The van der Waals surface area contributed by atoms with Gasteiger partial charge in [0.15, 0.2) is 17.5 Å². The summed E-state index contributed by atoms with van der Waals surface area (Å²) >= 11 is 0. The molecule has 10 rings (SSSR count). The van der Waals surface area contributed by atoms with Gasteiger partial charge in [-0.2, -0.15) is 0 Å². The van der Waals surface area contributed by atoms with Crippen LogP contribution >= 0.6 is 0 Å². The van der Waals surface area contributed by atoms with Crippen LogP contribution < -0.4 is 0 Å². The lowest BCUT2D eigenvalue weighted by molar-refractivity contribution is 0.768. The molecule has 0 atom stereocenters. The van der Waals surface area contributed by atoms with Crippen LogP contribution in [-0.4, -0.2) is 19.9 Å². The average molecular weight is 703 g/mol. The Hall–Kier alpha value is -7.30. The highest BCUT2D eigenvalue weighted by atomic mass is 15.0. The maximum Gasteiger partial charge on any atom is 0.164 e. The molecule has 55 heavy (non-hydrogen) atoms. The fraction of sp³-hybridized carbons (Fsp3) is 0.0196. The van der Waals surface area contributed by atoms with E-state index in [4.69, 9.17) is 15.0 Å². The molecule has 2 heterocycles. The Morgan fingerprint density at radius 1 is 0.309 bits per heavy atom. The summed E-state index contributed by atoms with van der Waals surface area (Å²) in [4.78, 5) is 19.9. The Morgan fingerprint density at radius 2 is 0.764 bits per heavy atom. The van der Waals surface area contributed by atoms with Gasteiger partial charge in [0, 0.05) is 29.1 Å². The van der Waals surface area contributed by atoms with E-state index in [1.807, 2.05) is 54.9 Å². The Kier molecular flexibility index (Phi) is 8.00. The van der Waals surface area contributed by atoms with Gasteiger partial charge in [-0.3, -0.25) is 4.98 Å². The van der Waals surface area contributed by atoms with Crippen LogP contribution in [0, 0.1) is 0 Å². The maximum atomic E-state index is 5.26. The Bertz CT molecular complexity index is 2670. The van der Waals surface area contributed by atoms with E-state index in [-0.39, 0.29) is 0 Å². The minimum Gasteiger partial charge on any atom is -0.264 e. The molecule has 0 spiro atoms. The Labute approximate surface area is 320 Å². The van der Waals surface area contributed by atoms with Crippen LogP contribution in [0.15, 0.2) is 207 Å². The van der Waals surface area contributed by atoms with Gasteiger partial charge in [0.2, 0.25) is 0 Å². The van der Waals surface area contributed by atoms with Gasteiger partial charge in [-0.15, -0.1) is 0 Å². The van der Waals surface area contributed by atoms with Gasteiger partial charge in [-0.25, -0.2) is 15.0 Å². The highest BCUT2D eigenvalue weighted by molar-refractivity contribution is 6.01. The lowest BCUT2D eigenvalue weighted by atomic mass is 9.67. The number of nitrogens with zero attached hydrogens (tertiary/aromatic N) is 4. The highest BCUT2D eigenvalue weighted by Gasteiger charge is 2.48. The molecule has 4 nitrogen and oxygen atoms in total. The summed E-state index contributed by atoms with van der Waals surface area (Å²) in [5.41, 5.74) is 13.9. The van der Waals surface area contributed by atoms with Gasteiger partial charge in [0.1, 0.15) is 0 Å². The van der Waals surface area contributed by atoms with Crippen LogP contribution in [-0.2, 0) is 5.41 Å². The van der Waals surface area contributed by atoms with Gasteiger partial charge in [0.25, 0.3) is 0 Å². The summed E-state index contributed by atoms with van der Waals surface area (Å²) in [6.07, 6.45) is 3.72. The standard InChI is InChI=1S/C51H34N4/c1-5-16-37(17-6-1)48-53-49(38-18-7-2-8-19-38)55-50(54-48)43-26-14-28-45-47(43)46-42(36-31-29-35(30-32-36)39-20-15-33-52-34-39)25-13-27-44(46)51(45,40-21-9-3-10-22-40)41-23-11-4-12-24-41/h1-34H. The zero-order valence-electron chi connectivity index (χ0n) is 29.9. The molecule has 9 aromatic rings. The van der Waals surface area contributed by atoms with E-state index in [2.05, 4.69) is 157 Å². The molecular weight excluding hydrogens is 669 g/mol. The number of hydrogen-bond donors (Lipinski definition) is 0. The number of hydrogen-bond acceptors (Lipinski definition) is 4. The third-order valence-electron chi connectivity index (χ3n) is 10.7. The van der Waals surface area contributed by atoms with Crippen molar-refractivity contribution in [3.8, 4) is 67.5 Å². The van der Waals surface area contributed by atoms with Crippen molar-refractivity contribution in [3.05, 3.63) is 229 Å². The molecule has 258 valence electrons. The van der Waals surface area contributed by atoms with Crippen LogP contribution in [0.4, 0.5) is 0 Å². The average Bonchev–Trinajstić information content (AvgIpc) is 3.59. The minimum absolute atomic E-state index is 0.605. The molecule has 0 bridgehead atoms. The van der Waals surface area contributed by atoms with E-state index in [1.54, 1.807) is 0 Å². The third-order valence-corrected chi connectivity index (χ3v) is 10.7. The topological polar surface area (TPSA) is 51.6 Å². The number of aromatic nitrogens is 4. The number of benzene rings is 7. The molecular formula is C51H34N4. The van der Waals surface area contributed by atoms with Crippen molar-refractivity contribution in [2.24, 2.45) is 0 Å². The Balaban J connectivity index is 1.29. The van der Waals surface area contributed by atoms with Crippen molar-refractivity contribution < 1.29 is 0 Å². The van der Waals surface area contributed by atoms with Gasteiger partial charge < -0.3 is 0 Å². The fourth-order valence-corrected chi connectivity index (χ4v) is 8.31. The zero-order chi connectivity index (χ0) is 36.6. The fourth-order valence-electron chi connectivity index (χ4n) is 8.31. The first-order valence-electron chi connectivity index (χ1n) is 18.6. The zero-order valence-corrected chi connectivity index (χ0v) is 29.9. The van der Waals surface area contributed by atoms with Crippen molar-refractivity contribution in [2.45, 2.75) is 5.41 Å². The first-order chi connectivity index (χ1) is 27.3. The summed E-state index contributed by atoms with van der Waals surface area (Å²) in [5.74, 6) is 1.91. The normalized spacial score (nSPS) is 12.5. The molecule has 0 saturated carbocycles. The molecule has 1 aliphatic rings. The molecule has 0 radical (unpaired) electrons. The van der Waals surface area contributed by atoms with E-state index < -0.39 is 5.41 Å². The van der Waals surface area contributed by atoms with E-state index in [1.165, 1.54) is 27.8 Å². The number of rotatable bonds is 7. The van der Waals surface area contributed by atoms with Gasteiger partial charge >= 0.3 is 0 Å². The second kappa shape index (κ2) is 13.6. The predicted molar refractivity (Wildman–Crippen MR) is 222 cm³/mol. The summed E-state index contributed by atoms with van der Waals surface area (Å²) in [5, 5.41) is 0. The van der Waals surface area contributed by atoms with Crippen LogP contribution in [0.1, 0.15) is 22.3 Å². The molecule has 4 heteroatoms. The van der Waals surface area contributed by atoms with Gasteiger partial charge in [-0.05, 0) is 61.7 Å². The SMILES string of the molecule is c1ccc(-c2nc(-c3ccccc3)nc(-c3cccc4c3-c3c(-c5ccc(-c6cccnc6)cc5)cccc3C4(c3ccccc3)c3ccccc3)n2)cc1. The second-order valence-corrected chi connectivity index (χ2v) is 13.8. The van der Waals surface area contributed by atoms with E-state index in [0.717, 1.165) is 44.5 Å². The first-order valence-corrected chi connectivity index (χ1v) is 18.6. The molecule has 7 aromatic carbocycles. The first kappa shape index (κ1) is 32.4. The molecule has 1 aliphatic carbocycles. The van der Waals surface area contributed by atoms with Crippen LogP contribution in [0.2, 0.25) is 0 Å². The van der Waals surface area contributed by atoms with Crippen LogP contribution in [0.3, 0.4) is 0 Å². The van der Waals surface area contributed by atoms with Crippen LogP contribution in [0.25, 0.3) is 67.5 Å². The number of pyridine rings is 1. The second-order valence-electron chi connectivity index (χ2n) is 13.8. The van der Waals surface area contributed by atoms with Gasteiger partial charge in [-0.1, -0.05) is 188 Å². The van der Waals surface area contributed by atoms with Crippen molar-refractivity contribution in [3.63, 3.8) is 0 Å². The van der Waals surface area contributed by atoms with Crippen molar-refractivity contribution in [2.75, 3.05) is 0 Å². The van der Waals surface area contributed by atoms with Gasteiger partial charge in [0.05, 0.1) is 5.41 Å². The lowest BCUT2D eigenvalue weighted by Gasteiger charge is -2.34. The minimum atomic E-state index is -0.605. The molecule has 0 unspecified atom stereocenters. The Morgan fingerprint density at radius 3 is 1.29 bits per heavy atom. The quantitative estimate of drug-likeness (QED) is 0.166. The van der Waals surface area contributed by atoms with E-state index in [0.29, 0.717) is 17.5 Å². The summed E-state index contributed by atoms with van der Waals surface area (Å²) < 4.78 is 0. The highest BCUT2D eigenvalue weighted by Crippen LogP contribution is 2.60. The molecule has 0 aliphatic heterocycles. The molecule has 0 amide bonds. The molecule has 0 fully saturated rings. The summed E-state index contributed by atoms with van der Waals surface area (Å²) in [6.45, 7) is 0. The third kappa shape index (κ3) is 5.46. The maximum absolute atomic E-state index is 5.26. The molecule has 2 aromatic heterocycles. The largest absolute Gasteiger partial charge is 0.264 e. The lowest BCUT2D eigenvalue weighted by Crippen LogP contribution is -2.28. The van der Waals surface area contributed by atoms with E-state index in [9.17, 15) is 0 Å². The molecule has 0 N–H and O–H groups in total. The van der Waals surface area contributed by atoms with Crippen LogP contribution in [0.5, 0.6) is 0 Å². The predicted octanol–water partition coefficient (Wildman–Crippen LogP) is 12.0. The molecule has 0 saturated heterocycles. The monoisotopic (exact) mass is 702 g/mol. The number of fused-ring (bicyclic) bond motifs is 3. The smallest absolute Gasteiger partial charge is 0.164 e. The van der Waals surface area contributed by atoms with Crippen molar-refractivity contribution >= 4 is 0 Å². The summed E-state index contributed by atoms with van der Waals surface area (Å²) in [7, 11) is 0. The van der Waals surface area contributed by atoms with E-state index >= 15 is 0 Å². The van der Waals surface area contributed by atoms with Crippen molar-refractivity contribution in [1.29, 1.82) is 0 Å². The summed E-state index contributed by atoms with van der Waals surface area (Å²) in [6, 6.07) is 68.5. The van der Waals surface area contributed by atoms with Crippen molar-refractivity contribution in [1.82, 2.24) is 19.9 Å².